The lowest BCUT2D eigenvalue weighted by Gasteiger charge is -2.23. The number of benzene rings is 2. The Bertz CT molecular complexity index is 939. The van der Waals surface area contributed by atoms with E-state index in [2.05, 4.69) is 23.5 Å². The first-order valence-electron chi connectivity index (χ1n) is 9.49. The molecule has 5 nitrogen and oxygen atoms in total. The molecular weight excluding hydrogens is 372 g/mol. The van der Waals surface area contributed by atoms with Crippen molar-refractivity contribution in [3.05, 3.63) is 64.7 Å². The molecule has 0 radical (unpaired) electrons. The van der Waals surface area contributed by atoms with Gasteiger partial charge in [-0.3, -0.25) is 9.10 Å². The average molecular weight is 403 g/mol. The van der Waals surface area contributed by atoms with Crippen molar-refractivity contribution >= 4 is 21.6 Å². The summed E-state index contributed by atoms with van der Waals surface area (Å²) in [4.78, 5) is 12.4. The average Bonchev–Trinajstić information content (AvgIpc) is 2.59. The van der Waals surface area contributed by atoms with Gasteiger partial charge in [0.15, 0.2) is 0 Å². The number of nitrogens with zero attached hydrogens (tertiary/aromatic N) is 1. The van der Waals surface area contributed by atoms with E-state index < -0.39 is 10.0 Å². The van der Waals surface area contributed by atoms with Gasteiger partial charge in [-0.25, -0.2) is 8.42 Å². The molecule has 0 heterocycles. The maximum absolute atomic E-state index is 12.4. The highest BCUT2D eigenvalue weighted by Gasteiger charge is 2.18. The molecule has 1 amide bonds. The summed E-state index contributed by atoms with van der Waals surface area (Å²) < 4.78 is 25.7. The molecule has 0 aliphatic heterocycles. The van der Waals surface area contributed by atoms with Crippen molar-refractivity contribution < 1.29 is 13.2 Å². The second-order valence-electron chi connectivity index (χ2n) is 7.43. The van der Waals surface area contributed by atoms with Crippen LogP contribution in [0.2, 0.25) is 0 Å². The summed E-state index contributed by atoms with van der Waals surface area (Å²) in [6.45, 7) is 8.22. The predicted octanol–water partition coefficient (Wildman–Crippen LogP) is 4.04. The van der Waals surface area contributed by atoms with Gasteiger partial charge in [-0.1, -0.05) is 35.9 Å². The van der Waals surface area contributed by atoms with Crippen LogP contribution < -0.4 is 9.62 Å². The Kier molecular flexibility index (Phi) is 7.24. The van der Waals surface area contributed by atoms with Gasteiger partial charge in [0.2, 0.25) is 15.9 Å². The van der Waals surface area contributed by atoms with Crippen LogP contribution in [0.25, 0.3) is 0 Å². The number of nitrogens with one attached hydrogen (secondary N) is 1. The summed E-state index contributed by atoms with van der Waals surface area (Å²) in [6.07, 6.45) is 1.91. The van der Waals surface area contributed by atoms with Crippen LogP contribution in [0.5, 0.6) is 0 Å². The topological polar surface area (TPSA) is 66.5 Å². The van der Waals surface area contributed by atoms with Gasteiger partial charge in [0.1, 0.15) is 0 Å². The molecule has 2 aromatic rings. The van der Waals surface area contributed by atoms with E-state index in [9.17, 15) is 13.2 Å². The summed E-state index contributed by atoms with van der Waals surface area (Å²) in [5, 5.41) is 3.02. The third-order valence-electron chi connectivity index (χ3n) is 4.73. The monoisotopic (exact) mass is 402 g/mol. The maximum atomic E-state index is 12.4. The molecule has 0 fully saturated rings. The van der Waals surface area contributed by atoms with Crippen LogP contribution in [0.4, 0.5) is 5.69 Å². The number of carbonyl (C=O) groups is 1. The highest BCUT2D eigenvalue weighted by Crippen LogP contribution is 2.21. The second kappa shape index (κ2) is 9.24. The van der Waals surface area contributed by atoms with E-state index in [0.29, 0.717) is 12.1 Å². The highest BCUT2D eigenvalue weighted by molar-refractivity contribution is 7.92. The minimum absolute atomic E-state index is 0.0777. The van der Waals surface area contributed by atoms with Crippen LogP contribution in [-0.4, -0.2) is 27.1 Å². The molecule has 0 saturated carbocycles. The van der Waals surface area contributed by atoms with Gasteiger partial charge in [-0.15, -0.1) is 0 Å². The van der Waals surface area contributed by atoms with Gasteiger partial charge >= 0.3 is 0 Å². The van der Waals surface area contributed by atoms with Crippen LogP contribution in [0.15, 0.2) is 42.5 Å². The van der Waals surface area contributed by atoms with Crippen LogP contribution >= 0.6 is 0 Å². The Hall–Kier alpha value is -2.34. The third kappa shape index (κ3) is 6.09. The zero-order valence-electron chi connectivity index (χ0n) is 17.3. The van der Waals surface area contributed by atoms with E-state index >= 15 is 0 Å². The van der Waals surface area contributed by atoms with Gasteiger partial charge in [-0.2, -0.15) is 0 Å². The summed E-state index contributed by atoms with van der Waals surface area (Å²) >= 11 is 0. The molecule has 28 heavy (non-hydrogen) atoms. The predicted molar refractivity (Wildman–Crippen MR) is 115 cm³/mol. The van der Waals surface area contributed by atoms with E-state index in [-0.39, 0.29) is 24.9 Å². The van der Waals surface area contributed by atoms with E-state index in [1.54, 1.807) is 6.07 Å². The summed E-state index contributed by atoms with van der Waals surface area (Å²) in [6, 6.07) is 13.5. The standard InChI is InChI=1S/C22H30N2O3S/c1-16-8-6-9-20(14-16)24(28(5,26)27)13-7-10-22(25)23-19(4)21-15-17(2)11-12-18(21)3/h6,8-9,11-12,14-15,19H,7,10,13H2,1-5H3,(H,23,25)/t19-/m0/s1. The third-order valence-corrected chi connectivity index (χ3v) is 5.93. The first kappa shape index (κ1) is 22.0. The summed E-state index contributed by atoms with van der Waals surface area (Å²) in [5.41, 5.74) is 5.02. The van der Waals surface area contributed by atoms with Crippen molar-refractivity contribution in [2.45, 2.75) is 46.6 Å². The minimum atomic E-state index is -3.41. The first-order chi connectivity index (χ1) is 13.1. The van der Waals surface area contributed by atoms with Gasteiger partial charge in [0, 0.05) is 13.0 Å². The summed E-state index contributed by atoms with van der Waals surface area (Å²) in [5.74, 6) is -0.0777. The fourth-order valence-corrected chi connectivity index (χ4v) is 4.23. The van der Waals surface area contributed by atoms with Crippen molar-refractivity contribution in [2.24, 2.45) is 0 Å². The number of aryl methyl sites for hydroxylation is 3. The molecular formula is C22H30N2O3S. The zero-order valence-corrected chi connectivity index (χ0v) is 18.1. The number of anilines is 1. The Morgan fingerprint density at radius 2 is 1.75 bits per heavy atom. The Morgan fingerprint density at radius 3 is 2.39 bits per heavy atom. The molecule has 0 bridgehead atoms. The highest BCUT2D eigenvalue weighted by atomic mass is 32.2. The van der Waals surface area contributed by atoms with E-state index in [1.165, 1.54) is 10.6 Å². The molecule has 0 unspecified atom stereocenters. The van der Waals surface area contributed by atoms with Crippen molar-refractivity contribution in [2.75, 3.05) is 17.1 Å². The van der Waals surface area contributed by atoms with Crippen LogP contribution in [0, 0.1) is 20.8 Å². The number of hydrogen-bond acceptors (Lipinski definition) is 3. The SMILES string of the molecule is Cc1cccc(N(CCCC(=O)N[C@@H](C)c2cc(C)ccc2C)S(C)(=O)=O)c1. The maximum Gasteiger partial charge on any atom is 0.232 e. The normalized spacial score (nSPS) is 12.5. The Balaban J connectivity index is 1.96. The summed E-state index contributed by atoms with van der Waals surface area (Å²) in [7, 11) is -3.41. The molecule has 0 spiro atoms. The minimum Gasteiger partial charge on any atom is -0.350 e. The molecule has 6 heteroatoms. The van der Waals surface area contributed by atoms with Gasteiger partial charge in [-0.05, 0) is 62.9 Å². The molecule has 1 N–H and O–H groups in total. The molecule has 0 aliphatic rings. The lowest BCUT2D eigenvalue weighted by molar-refractivity contribution is -0.121. The second-order valence-corrected chi connectivity index (χ2v) is 9.33. The number of carbonyl (C=O) groups excluding carboxylic acids is 1. The Labute approximate surface area is 168 Å². The quantitative estimate of drug-likeness (QED) is 0.725. The molecule has 2 rings (SSSR count). The fourth-order valence-electron chi connectivity index (χ4n) is 3.27. The van der Waals surface area contributed by atoms with Crippen molar-refractivity contribution in [3.63, 3.8) is 0 Å². The molecule has 2 aromatic carbocycles. The number of rotatable bonds is 8. The fraction of sp³-hybridized carbons (Fsp3) is 0.409. The number of sulfonamides is 1. The molecule has 0 saturated heterocycles. The molecule has 152 valence electrons. The van der Waals surface area contributed by atoms with Gasteiger partial charge < -0.3 is 5.32 Å². The van der Waals surface area contributed by atoms with Crippen LogP contribution in [0.1, 0.15) is 48.1 Å². The van der Waals surface area contributed by atoms with E-state index in [4.69, 9.17) is 0 Å². The van der Waals surface area contributed by atoms with Crippen molar-refractivity contribution in [1.29, 1.82) is 0 Å². The smallest absolute Gasteiger partial charge is 0.232 e. The molecule has 0 aliphatic carbocycles. The Morgan fingerprint density at radius 1 is 1.07 bits per heavy atom. The molecule has 0 aromatic heterocycles. The van der Waals surface area contributed by atoms with Crippen molar-refractivity contribution in [1.82, 2.24) is 5.32 Å². The molecule has 1 atom stereocenters. The van der Waals surface area contributed by atoms with Crippen LogP contribution in [-0.2, 0) is 14.8 Å². The van der Waals surface area contributed by atoms with Crippen molar-refractivity contribution in [3.8, 4) is 0 Å². The number of amides is 1. The lowest BCUT2D eigenvalue weighted by atomic mass is 10.00. The van der Waals surface area contributed by atoms with E-state index in [1.807, 2.05) is 45.9 Å². The number of hydrogen-bond donors (Lipinski definition) is 1. The largest absolute Gasteiger partial charge is 0.350 e. The van der Waals surface area contributed by atoms with Gasteiger partial charge in [0.05, 0.1) is 18.0 Å². The van der Waals surface area contributed by atoms with E-state index in [0.717, 1.165) is 22.3 Å². The first-order valence-corrected chi connectivity index (χ1v) is 11.3. The van der Waals surface area contributed by atoms with Gasteiger partial charge in [0.25, 0.3) is 0 Å². The van der Waals surface area contributed by atoms with Crippen LogP contribution in [0.3, 0.4) is 0 Å². The zero-order chi connectivity index (χ0) is 20.9. The lowest BCUT2D eigenvalue weighted by Crippen LogP contribution is -2.32.